The summed E-state index contributed by atoms with van der Waals surface area (Å²) in [4.78, 5) is 0. The molecule has 4 aliphatic carbocycles. The number of epoxide rings is 1. The van der Waals surface area contributed by atoms with Gasteiger partial charge in [-0.3, -0.25) is 0 Å². The van der Waals surface area contributed by atoms with Crippen LogP contribution in [0.5, 0.6) is 0 Å². The molecule has 1 heterocycles. The summed E-state index contributed by atoms with van der Waals surface area (Å²) >= 11 is 0. The molecule has 0 aromatic heterocycles. The Kier molecular flexibility index (Phi) is 5.42. The van der Waals surface area contributed by atoms with E-state index in [1.807, 2.05) is 7.11 Å². The molecule has 0 amide bonds. The molecule has 172 valence electrons. The number of hydrogen-bond donors (Lipinski definition) is 0. The van der Waals surface area contributed by atoms with Crippen molar-refractivity contribution < 1.29 is 9.47 Å². The minimum atomic E-state index is 0.170. The van der Waals surface area contributed by atoms with Gasteiger partial charge < -0.3 is 9.47 Å². The fourth-order valence-electron chi connectivity index (χ4n) is 9.87. The highest BCUT2D eigenvalue weighted by atomic mass is 16.6. The normalized spacial score (nSPS) is 52.9. The highest BCUT2D eigenvalue weighted by Gasteiger charge is 2.76. The Morgan fingerprint density at radius 1 is 0.967 bits per heavy atom. The molecule has 4 saturated carbocycles. The lowest BCUT2D eigenvalue weighted by molar-refractivity contribution is -0.121. The molecule has 0 aromatic carbocycles. The predicted molar refractivity (Wildman–Crippen MR) is 123 cm³/mol. The minimum absolute atomic E-state index is 0.170. The lowest BCUT2D eigenvalue weighted by Gasteiger charge is -2.59. The fourth-order valence-corrected chi connectivity index (χ4v) is 9.87. The monoisotopic (exact) mass is 416 g/mol. The van der Waals surface area contributed by atoms with Gasteiger partial charge in [0.2, 0.25) is 0 Å². The number of rotatable bonds is 6. The summed E-state index contributed by atoms with van der Waals surface area (Å²) in [7, 11) is 1.90. The summed E-state index contributed by atoms with van der Waals surface area (Å²) in [5, 5.41) is 0. The molecule has 5 aliphatic rings. The maximum Gasteiger partial charge on any atom is 0.103 e. The molecule has 5 rings (SSSR count). The van der Waals surface area contributed by atoms with E-state index < -0.39 is 0 Å². The molecule has 10 atom stereocenters. The zero-order valence-corrected chi connectivity index (χ0v) is 20.7. The van der Waals surface area contributed by atoms with E-state index in [2.05, 4.69) is 34.6 Å². The van der Waals surface area contributed by atoms with Gasteiger partial charge in [0.05, 0.1) is 12.2 Å². The summed E-state index contributed by atoms with van der Waals surface area (Å²) in [6, 6.07) is 0. The van der Waals surface area contributed by atoms with Crippen molar-refractivity contribution in [3.8, 4) is 0 Å². The van der Waals surface area contributed by atoms with E-state index in [-0.39, 0.29) is 5.60 Å². The van der Waals surface area contributed by atoms with Crippen LogP contribution in [0.2, 0.25) is 0 Å². The molecule has 5 fully saturated rings. The molecule has 0 aromatic rings. The van der Waals surface area contributed by atoms with Crippen LogP contribution in [0.1, 0.15) is 105 Å². The van der Waals surface area contributed by atoms with Crippen molar-refractivity contribution in [1.29, 1.82) is 0 Å². The van der Waals surface area contributed by atoms with Crippen LogP contribution >= 0.6 is 0 Å². The van der Waals surface area contributed by atoms with Crippen LogP contribution in [-0.4, -0.2) is 24.9 Å². The first-order valence-corrected chi connectivity index (χ1v) is 13.5. The average Bonchev–Trinajstić information content (AvgIpc) is 3.28. The molecule has 30 heavy (non-hydrogen) atoms. The first-order chi connectivity index (χ1) is 14.2. The molecule has 2 heteroatoms. The van der Waals surface area contributed by atoms with E-state index in [1.165, 1.54) is 64.2 Å². The SMILES string of the molecule is CO[C@@H]1CC[C@]2(C)[C@@H]3CC[C@@]4(C)[C@H](CC[C@H]4[C@H](C)CCCC(C)C)[C@H]3C[C@@H]3O[C@@]32C1. The van der Waals surface area contributed by atoms with E-state index in [0.717, 1.165) is 41.9 Å². The Balaban J connectivity index is 1.32. The molecular formula is C28H48O2. The van der Waals surface area contributed by atoms with Crippen molar-refractivity contribution in [2.24, 2.45) is 46.3 Å². The van der Waals surface area contributed by atoms with Gasteiger partial charge in [-0.25, -0.2) is 0 Å². The topological polar surface area (TPSA) is 21.8 Å². The van der Waals surface area contributed by atoms with Crippen molar-refractivity contribution >= 4 is 0 Å². The van der Waals surface area contributed by atoms with Crippen molar-refractivity contribution in [2.45, 2.75) is 123 Å². The third kappa shape index (κ3) is 3.01. The number of hydrogen-bond acceptors (Lipinski definition) is 2. The van der Waals surface area contributed by atoms with Gasteiger partial charge in [0.15, 0.2) is 0 Å². The third-order valence-electron chi connectivity index (χ3n) is 11.6. The maximum absolute atomic E-state index is 6.65. The first-order valence-electron chi connectivity index (χ1n) is 13.5. The van der Waals surface area contributed by atoms with Gasteiger partial charge >= 0.3 is 0 Å². The van der Waals surface area contributed by atoms with Gasteiger partial charge in [0.25, 0.3) is 0 Å². The van der Waals surface area contributed by atoms with Crippen LogP contribution < -0.4 is 0 Å². The van der Waals surface area contributed by atoms with Gasteiger partial charge in [-0.05, 0) is 85.9 Å². The van der Waals surface area contributed by atoms with Crippen LogP contribution in [0.4, 0.5) is 0 Å². The quantitative estimate of drug-likeness (QED) is 0.425. The number of methoxy groups -OCH3 is 1. The summed E-state index contributed by atoms with van der Waals surface area (Å²) in [5.74, 6) is 5.48. The Hall–Kier alpha value is -0.0800. The van der Waals surface area contributed by atoms with Crippen LogP contribution in [0.15, 0.2) is 0 Å². The van der Waals surface area contributed by atoms with Gasteiger partial charge in [0.1, 0.15) is 5.60 Å². The summed E-state index contributed by atoms with van der Waals surface area (Å²) in [6.45, 7) is 12.7. The molecule has 0 bridgehead atoms. The average molecular weight is 417 g/mol. The molecule has 0 unspecified atom stereocenters. The van der Waals surface area contributed by atoms with E-state index >= 15 is 0 Å². The molecule has 0 radical (unpaired) electrons. The molecule has 1 aliphatic heterocycles. The minimum Gasteiger partial charge on any atom is -0.381 e. The highest BCUT2D eigenvalue weighted by Crippen LogP contribution is 2.74. The maximum atomic E-state index is 6.65. The van der Waals surface area contributed by atoms with Gasteiger partial charge in [-0.15, -0.1) is 0 Å². The van der Waals surface area contributed by atoms with Gasteiger partial charge in [0, 0.05) is 18.9 Å². The smallest absolute Gasteiger partial charge is 0.103 e. The third-order valence-corrected chi connectivity index (χ3v) is 11.6. The summed E-state index contributed by atoms with van der Waals surface area (Å²) in [5.41, 5.74) is 1.16. The molecule has 1 spiro atoms. The van der Waals surface area contributed by atoms with Gasteiger partial charge in [-0.2, -0.15) is 0 Å². The zero-order valence-electron chi connectivity index (χ0n) is 20.7. The Bertz CT molecular complexity index is 645. The fraction of sp³-hybridized carbons (Fsp3) is 1.00. The second kappa shape index (κ2) is 7.47. The van der Waals surface area contributed by atoms with Crippen molar-refractivity contribution in [3.63, 3.8) is 0 Å². The Morgan fingerprint density at radius 2 is 1.77 bits per heavy atom. The van der Waals surface area contributed by atoms with E-state index in [4.69, 9.17) is 9.47 Å². The van der Waals surface area contributed by atoms with Crippen molar-refractivity contribution in [1.82, 2.24) is 0 Å². The standard InChI is InChI=1S/C28H48O2/c1-18(2)8-7-9-19(3)22-10-11-23-21-16-25-28(30-25)17-20(29-6)12-15-27(28,5)24(21)13-14-26(22,23)4/h18-25H,7-17H2,1-6H3/t19-,20-,21-,22+,23-,24-,25+,26-,27-,28+/m1/s1. The Labute approximate surface area is 186 Å². The van der Waals surface area contributed by atoms with Crippen LogP contribution in [0.3, 0.4) is 0 Å². The zero-order chi connectivity index (χ0) is 21.3. The first kappa shape index (κ1) is 21.7. The van der Waals surface area contributed by atoms with Crippen molar-refractivity contribution in [3.05, 3.63) is 0 Å². The molecule has 1 saturated heterocycles. The van der Waals surface area contributed by atoms with Gasteiger partial charge in [-0.1, -0.05) is 53.9 Å². The second-order valence-electron chi connectivity index (χ2n) is 13.2. The number of ether oxygens (including phenoxy) is 2. The van der Waals surface area contributed by atoms with E-state index in [1.54, 1.807) is 0 Å². The molecule has 2 nitrogen and oxygen atoms in total. The largest absolute Gasteiger partial charge is 0.381 e. The second-order valence-corrected chi connectivity index (χ2v) is 13.2. The number of fused-ring (bicyclic) bond motifs is 4. The molecule has 0 N–H and O–H groups in total. The lowest BCUT2D eigenvalue weighted by Crippen LogP contribution is -2.58. The lowest BCUT2D eigenvalue weighted by atomic mass is 9.44. The molecular weight excluding hydrogens is 368 g/mol. The van der Waals surface area contributed by atoms with Crippen LogP contribution in [0.25, 0.3) is 0 Å². The van der Waals surface area contributed by atoms with E-state index in [0.29, 0.717) is 23.0 Å². The Morgan fingerprint density at radius 3 is 2.50 bits per heavy atom. The predicted octanol–water partition coefficient (Wildman–Crippen LogP) is 7.25. The summed E-state index contributed by atoms with van der Waals surface area (Å²) in [6.07, 6.45) is 16.2. The summed E-state index contributed by atoms with van der Waals surface area (Å²) < 4.78 is 12.5. The van der Waals surface area contributed by atoms with E-state index in [9.17, 15) is 0 Å². The van der Waals surface area contributed by atoms with Crippen LogP contribution in [-0.2, 0) is 9.47 Å². The van der Waals surface area contributed by atoms with Crippen LogP contribution in [0, 0.1) is 46.3 Å². The van der Waals surface area contributed by atoms with Crippen molar-refractivity contribution in [2.75, 3.05) is 7.11 Å². The highest BCUT2D eigenvalue weighted by molar-refractivity contribution is 5.24.